The number of fused-ring (bicyclic) bond motifs is 1. The van der Waals surface area contributed by atoms with Gasteiger partial charge in [0.1, 0.15) is 6.20 Å². The molecule has 0 fully saturated rings. The maximum absolute atomic E-state index is 10.6. The van der Waals surface area contributed by atoms with Gasteiger partial charge in [-0.05, 0) is 40.3 Å². The van der Waals surface area contributed by atoms with Crippen LogP contribution in [0.2, 0.25) is 0 Å². The normalized spacial score (nSPS) is 18.4. The number of hydrogen-bond donors (Lipinski definition) is 1. The first-order valence-corrected chi connectivity index (χ1v) is 7.67. The molecule has 0 amide bonds. The first-order chi connectivity index (χ1) is 11.1. The lowest BCUT2D eigenvalue weighted by molar-refractivity contribution is -0.389. The molecule has 7 heteroatoms. The summed E-state index contributed by atoms with van der Waals surface area (Å²) in [6, 6.07) is 8.22. The Labute approximate surface area is 133 Å². The lowest BCUT2D eigenvalue weighted by atomic mass is 9.89. The van der Waals surface area contributed by atoms with Gasteiger partial charge in [-0.2, -0.15) is 0 Å². The minimum Gasteiger partial charge on any atom is -0.389 e. The zero-order chi connectivity index (χ0) is 16.2. The number of nitrogens with zero attached hydrogens (tertiary/aromatic N) is 3. The molecule has 1 aromatic carbocycles. The van der Waals surface area contributed by atoms with Crippen LogP contribution in [0.25, 0.3) is 0 Å². The van der Waals surface area contributed by atoms with Crippen LogP contribution in [0.3, 0.4) is 0 Å². The van der Waals surface area contributed by atoms with Crippen LogP contribution in [0.1, 0.15) is 30.1 Å². The number of ether oxygens (including phenoxy) is 1. The Morgan fingerprint density at radius 3 is 3.09 bits per heavy atom. The maximum atomic E-state index is 10.6. The van der Waals surface area contributed by atoms with Gasteiger partial charge in [0, 0.05) is 0 Å². The van der Waals surface area contributed by atoms with Crippen molar-refractivity contribution in [1.82, 2.24) is 9.55 Å². The Balaban J connectivity index is 1.55. The van der Waals surface area contributed by atoms with E-state index in [1.807, 2.05) is 12.1 Å². The summed E-state index contributed by atoms with van der Waals surface area (Å²) in [4.78, 5) is 13.7. The predicted octanol–water partition coefficient (Wildman–Crippen LogP) is 2.25. The van der Waals surface area contributed by atoms with E-state index in [-0.39, 0.29) is 25.1 Å². The van der Waals surface area contributed by atoms with Crippen molar-refractivity contribution in [3.05, 3.63) is 58.0 Å². The highest BCUT2D eigenvalue weighted by Gasteiger charge is 2.21. The van der Waals surface area contributed by atoms with Gasteiger partial charge in [-0.25, -0.2) is 0 Å². The van der Waals surface area contributed by atoms with E-state index in [1.165, 1.54) is 28.2 Å². The largest absolute Gasteiger partial charge is 0.389 e. The molecule has 1 N–H and O–H groups in total. The smallest absolute Gasteiger partial charge is 0.381 e. The Morgan fingerprint density at radius 2 is 2.30 bits per heavy atom. The van der Waals surface area contributed by atoms with E-state index in [0.29, 0.717) is 0 Å². The van der Waals surface area contributed by atoms with Gasteiger partial charge < -0.3 is 24.5 Å². The van der Waals surface area contributed by atoms with Crippen LogP contribution in [-0.2, 0) is 17.7 Å². The zero-order valence-corrected chi connectivity index (χ0v) is 12.7. The summed E-state index contributed by atoms with van der Waals surface area (Å²) in [6.45, 7) is 0.403. The van der Waals surface area contributed by atoms with Gasteiger partial charge >= 0.3 is 5.82 Å². The first kappa shape index (κ1) is 15.6. The highest BCUT2D eigenvalue weighted by Crippen LogP contribution is 2.32. The monoisotopic (exact) mass is 317 g/mol. The lowest BCUT2D eigenvalue weighted by Gasteiger charge is -2.26. The van der Waals surface area contributed by atoms with Crippen molar-refractivity contribution < 1.29 is 14.8 Å². The number of benzene rings is 1. The molecular formula is C16H19N3O4. The van der Waals surface area contributed by atoms with E-state index in [2.05, 4.69) is 17.1 Å². The second kappa shape index (κ2) is 6.89. The molecule has 1 aromatic heterocycles. The highest BCUT2D eigenvalue weighted by atomic mass is 16.6. The predicted molar refractivity (Wildman–Crippen MR) is 83.0 cm³/mol. The Bertz CT molecular complexity index is 685. The average molecular weight is 317 g/mol. The molecule has 122 valence electrons. The summed E-state index contributed by atoms with van der Waals surface area (Å²) >= 11 is 0. The van der Waals surface area contributed by atoms with Crippen LogP contribution in [0, 0.1) is 10.1 Å². The third-order valence-electron chi connectivity index (χ3n) is 4.03. The molecule has 1 aliphatic rings. The average Bonchev–Trinajstić information content (AvgIpc) is 3.01. The van der Waals surface area contributed by atoms with Gasteiger partial charge in [0.15, 0.2) is 0 Å². The molecule has 1 heterocycles. The number of hydrogen-bond acceptors (Lipinski definition) is 5. The summed E-state index contributed by atoms with van der Waals surface area (Å²) in [5.41, 5.74) is 2.51. The van der Waals surface area contributed by atoms with Crippen LogP contribution in [0.15, 0.2) is 36.8 Å². The molecule has 7 nitrogen and oxygen atoms in total. The van der Waals surface area contributed by atoms with E-state index < -0.39 is 11.0 Å². The molecule has 3 rings (SSSR count). The fourth-order valence-electron chi connectivity index (χ4n) is 2.95. The summed E-state index contributed by atoms with van der Waals surface area (Å²) in [7, 11) is 0. The molecule has 1 aliphatic carbocycles. The third kappa shape index (κ3) is 3.75. The van der Waals surface area contributed by atoms with E-state index in [1.54, 1.807) is 0 Å². The number of nitro groups is 1. The van der Waals surface area contributed by atoms with Gasteiger partial charge in [-0.1, -0.05) is 24.3 Å². The van der Waals surface area contributed by atoms with Gasteiger partial charge in [-0.15, -0.1) is 0 Å². The molecule has 2 aromatic rings. The standard InChI is InChI=1S/C16H19N3O4/c20-13(8-18-9-16(17-11-18)19(21)22)10-23-15-7-3-5-12-4-1-2-6-14(12)15/h1-2,4,6,9,11,13,15,20H,3,5,7-8,10H2/t13-,15-/m0/s1. The van der Waals surface area contributed by atoms with Gasteiger partial charge in [0.25, 0.3) is 0 Å². The van der Waals surface area contributed by atoms with E-state index >= 15 is 0 Å². The quantitative estimate of drug-likeness (QED) is 0.652. The van der Waals surface area contributed by atoms with Crippen molar-refractivity contribution in [3.8, 4) is 0 Å². The summed E-state index contributed by atoms with van der Waals surface area (Å²) in [6.07, 6.45) is 5.00. The van der Waals surface area contributed by atoms with Crippen molar-refractivity contribution in [2.45, 2.75) is 38.0 Å². The zero-order valence-electron chi connectivity index (χ0n) is 12.7. The second-order valence-corrected chi connectivity index (χ2v) is 5.75. The number of imidazole rings is 1. The lowest BCUT2D eigenvalue weighted by Crippen LogP contribution is -2.24. The Hall–Kier alpha value is -2.25. The van der Waals surface area contributed by atoms with Crippen LogP contribution < -0.4 is 0 Å². The maximum Gasteiger partial charge on any atom is 0.381 e. The van der Waals surface area contributed by atoms with Crippen LogP contribution in [-0.4, -0.2) is 32.3 Å². The molecule has 0 bridgehead atoms. The van der Waals surface area contributed by atoms with Crippen LogP contribution in [0.5, 0.6) is 0 Å². The Kier molecular flexibility index (Phi) is 4.68. The summed E-state index contributed by atoms with van der Waals surface area (Å²) in [5, 5.41) is 20.7. The number of aryl methyl sites for hydroxylation is 1. The molecule has 2 atom stereocenters. The molecule has 0 unspecified atom stereocenters. The van der Waals surface area contributed by atoms with Crippen molar-refractivity contribution in [2.75, 3.05) is 6.61 Å². The number of rotatable bonds is 6. The minimum absolute atomic E-state index is 0.00623. The van der Waals surface area contributed by atoms with Crippen molar-refractivity contribution in [2.24, 2.45) is 0 Å². The highest BCUT2D eigenvalue weighted by molar-refractivity contribution is 5.31. The molecular weight excluding hydrogens is 298 g/mol. The third-order valence-corrected chi connectivity index (χ3v) is 4.03. The number of aliphatic hydroxyl groups excluding tert-OH is 1. The SMILES string of the molecule is O=[N+]([O-])c1cn(C[C@H](O)CO[C@H]2CCCc3ccccc32)cn1. The van der Waals surface area contributed by atoms with Crippen LogP contribution >= 0.6 is 0 Å². The van der Waals surface area contributed by atoms with Crippen molar-refractivity contribution >= 4 is 5.82 Å². The molecule has 0 spiro atoms. The first-order valence-electron chi connectivity index (χ1n) is 7.67. The molecule has 23 heavy (non-hydrogen) atoms. The minimum atomic E-state index is -0.738. The molecule has 0 saturated heterocycles. The molecule has 0 radical (unpaired) electrons. The second-order valence-electron chi connectivity index (χ2n) is 5.75. The summed E-state index contributed by atoms with van der Waals surface area (Å²) in [5.74, 6) is -0.223. The van der Waals surface area contributed by atoms with Gasteiger partial charge in [0.2, 0.25) is 6.33 Å². The molecule has 0 saturated carbocycles. The van der Waals surface area contributed by atoms with Crippen molar-refractivity contribution in [1.29, 1.82) is 0 Å². The number of aromatic nitrogens is 2. The van der Waals surface area contributed by atoms with Gasteiger partial charge in [-0.3, -0.25) is 0 Å². The number of aliphatic hydroxyl groups is 1. The van der Waals surface area contributed by atoms with E-state index in [9.17, 15) is 15.2 Å². The summed E-state index contributed by atoms with van der Waals surface area (Å²) < 4.78 is 7.38. The fourth-order valence-corrected chi connectivity index (χ4v) is 2.95. The van der Waals surface area contributed by atoms with Gasteiger partial charge in [0.05, 0.1) is 25.4 Å². The Morgan fingerprint density at radius 1 is 1.48 bits per heavy atom. The molecule has 0 aliphatic heterocycles. The van der Waals surface area contributed by atoms with Crippen LogP contribution in [0.4, 0.5) is 5.82 Å². The fraction of sp³-hybridized carbons (Fsp3) is 0.438. The van der Waals surface area contributed by atoms with E-state index in [4.69, 9.17) is 4.74 Å². The topological polar surface area (TPSA) is 90.4 Å². The van der Waals surface area contributed by atoms with E-state index in [0.717, 1.165) is 19.3 Å². The van der Waals surface area contributed by atoms with Crippen molar-refractivity contribution in [3.63, 3.8) is 0 Å².